The number of Topliss-reactive ketones (excluding diaryl/α,β-unsaturated/α-hetero) is 1. The number of allylic oxidation sites excluding steroid dienone is 2. The van der Waals surface area contributed by atoms with Gasteiger partial charge in [-0.2, -0.15) is 5.10 Å². The molecule has 5 aliphatic rings. The highest BCUT2D eigenvalue weighted by atomic mass is 16.7. The summed E-state index contributed by atoms with van der Waals surface area (Å²) in [4.78, 5) is 43.3. The number of carbonyl (C=O) groups is 3. The minimum absolute atomic E-state index is 0.0626. The summed E-state index contributed by atoms with van der Waals surface area (Å²) in [5, 5.41) is 67.7. The Morgan fingerprint density at radius 1 is 0.952 bits per heavy atom. The molecule has 0 spiro atoms. The molecule has 0 radical (unpaired) electrons. The van der Waals surface area contributed by atoms with Gasteiger partial charge in [-0.25, -0.2) is 0 Å². The van der Waals surface area contributed by atoms with Crippen molar-refractivity contribution in [2.24, 2.45) is 28.8 Å². The third-order valence-corrected chi connectivity index (χ3v) is 13.6. The van der Waals surface area contributed by atoms with Gasteiger partial charge in [0, 0.05) is 86.3 Å². The van der Waals surface area contributed by atoms with Gasteiger partial charge in [0.1, 0.15) is 23.4 Å². The number of piperazine rings is 1. The van der Waals surface area contributed by atoms with Gasteiger partial charge in [0.15, 0.2) is 5.75 Å². The molecule has 6 N–H and O–H groups in total. The van der Waals surface area contributed by atoms with Gasteiger partial charge in [-0.15, -0.1) is 0 Å². The number of ketones is 1. The number of esters is 1. The van der Waals surface area contributed by atoms with Gasteiger partial charge in [0.2, 0.25) is 0 Å². The number of phenolic OH excluding ortho intramolecular Hbond substituents is 3. The van der Waals surface area contributed by atoms with Crippen molar-refractivity contribution in [2.75, 3.05) is 32.1 Å². The summed E-state index contributed by atoms with van der Waals surface area (Å²) in [5.41, 5.74) is -0.293. The second-order valence-corrected chi connectivity index (χ2v) is 17.9. The van der Waals surface area contributed by atoms with Crippen LogP contribution in [-0.4, -0.2) is 128 Å². The number of nitrogens with one attached hydrogen (secondary N) is 1. The highest BCUT2D eigenvalue weighted by Crippen LogP contribution is 2.55. The van der Waals surface area contributed by atoms with E-state index >= 15 is 0 Å². The van der Waals surface area contributed by atoms with Gasteiger partial charge in [0.25, 0.3) is 11.7 Å². The van der Waals surface area contributed by atoms with E-state index < -0.39 is 88.8 Å². The van der Waals surface area contributed by atoms with Gasteiger partial charge >= 0.3 is 11.8 Å². The second-order valence-electron chi connectivity index (χ2n) is 17.9. The summed E-state index contributed by atoms with van der Waals surface area (Å²) in [7, 11) is 1.44. The van der Waals surface area contributed by atoms with Crippen molar-refractivity contribution in [2.45, 2.75) is 124 Å². The van der Waals surface area contributed by atoms with Crippen LogP contribution in [0.2, 0.25) is 0 Å². The fourth-order valence-electron chi connectivity index (χ4n) is 9.62. The van der Waals surface area contributed by atoms with Crippen LogP contribution in [0.5, 0.6) is 23.0 Å². The number of phenols is 3. The number of amides is 1. The van der Waals surface area contributed by atoms with Gasteiger partial charge in [-0.3, -0.25) is 24.3 Å². The molecule has 0 aromatic heterocycles. The summed E-state index contributed by atoms with van der Waals surface area (Å²) < 4.78 is 23.7. The number of aliphatic hydroxyl groups excluding tert-OH is 2. The molecule has 2 aromatic carbocycles. The maximum atomic E-state index is 14.6. The zero-order valence-electron chi connectivity index (χ0n) is 37.9. The number of aromatic hydroxyl groups is 3. The molecule has 2 saturated heterocycles. The molecule has 0 aliphatic carbocycles. The van der Waals surface area contributed by atoms with E-state index in [0.29, 0.717) is 19.1 Å². The van der Waals surface area contributed by atoms with Crippen molar-refractivity contribution < 1.29 is 58.9 Å². The van der Waals surface area contributed by atoms with Crippen LogP contribution in [0.4, 0.5) is 5.69 Å². The van der Waals surface area contributed by atoms with Crippen molar-refractivity contribution in [1.29, 1.82) is 0 Å². The SMILES string of the molecule is CO[C@H]1/C=C/O[C@@]2(C)Oc3c(C)c(O)c4c(O)c(c(/C=N\N5CCN6C(C)CCCC6C5)c(O)c4c3C2=O)NC(=O)/C(C)=C\C=C\[C@@H](C)[C@H](O)[C@@H](C)[C@H](O)[C@@H](C)[C@H](OC(C)=O)[C@@H]1C. The first-order valence-electron chi connectivity index (χ1n) is 21.8. The molecular formula is C47H64N4O12. The Balaban J connectivity index is 1.50. The molecule has 2 unspecified atom stereocenters. The topological polar surface area (TPSA) is 220 Å². The molecule has 11 atom stereocenters. The second kappa shape index (κ2) is 18.9. The van der Waals surface area contributed by atoms with Crippen molar-refractivity contribution in [3.8, 4) is 23.0 Å². The molecule has 0 saturated carbocycles. The van der Waals surface area contributed by atoms with Crippen LogP contribution < -0.4 is 10.1 Å². The van der Waals surface area contributed by atoms with Gasteiger partial charge in [0.05, 0.1) is 59.5 Å². The smallest absolute Gasteiger partial charge is 0.312 e. The average Bonchev–Trinajstić information content (AvgIpc) is 3.51. The largest absolute Gasteiger partial charge is 0.507 e. The Kier molecular flexibility index (Phi) is 14.2. The lowest BCUT2D eigenvalue weighted by Gasteiger charge is -2.46. The summed E-state index contributed by atoms with van der Waals surface area (Å²) >= 11 is 0. The van der Waals surface area contributed by atoms with Crippen LogP contribution in [0, 0.1) is 30.6 Å². The lowest BCUT2D eigenvalue weighted by atomic mass is 9.78. The Labute approximate surface area is 368 Å². The number of benzene rings is 2. The van der Waals surface area contributed by atoms with Crippen LogP contribution >= 0.6 is 0 Å². The van der Waals surface area contributed by atoms with Crippen molar-refractivity contribution >= 4 is 40.3 Å². The Morgan fingerprint density at radius 2 is 1.67 bits per heavy atom. The summed E-state index contributed by atoms with van der Waals surface area (Å²) in [6, 6.07) is 0.737. The molecule has 16 heteroatoms. The van der Waals surface area contributed by atoms with E-state index in [2.05, 4.69) is 17.1 Å². The van der Waals surface area contributed by atoms with E-state index in [0.717, 1.165) is 25.8 Å². The number of nitrogens with zero attached hydrogens (tertiary/aromatic N) is 3. The first kappa shape index (κ1) is 47.3. The Hall–Kier alpha value is -5.16. The fourth-order valence-corrected chi connectivity index (χ4v) is 9.62. The first-order valence-corrected chi connectivity index (χ1v) is 21.8. The number of hydrazone groups is 1. The van der Waals surface area contributed by atoms with E-state index in [1.807, 2.05) is 5.01 Å². The molecule has 344 valence electrons. The first-order chi connectivity index (χ1) is 29.7. The molecule has 5 bridgehead atoms. The Morgan fingerprint density at radius 3 is 2.35 bits per heavy atom. The van der Waals surface area contributed by atoms with E-state index in [4.69, 9.17) is 24.0 Å². The predicted molar refractivity (Wildman–Crippen MR) is 237 cm³/mol. The number of methoxy groups -OCH3 is 1. The van der Waals surface area contributed by atoms with Crippen LogP contribution in [-0.2, 0) is 23.8 Å². The minimum atomic E-state index is -2.05. The molecular weight excluding hydrogens is 813 g/mol. The summed E-state index contributed by atoms with van der Waals surface area (Å²) in [5.74, 6) is -8.29. The highest BCUT2D eigenvalue weighted by Gasteiger charge is 2.50. The normalized spacial score (nSPS) is 34.2. The quantitative estimate of drug-likeness (QED) is 0.0948. The standard InChI is InChI=1S/C47H64N4O12/c1-23-13-11-14-24(2)46(59)49-37-32(21-48-50-18-19-51-25(3)15-12-16-31(51)22-50)41(56)34-35(42(37)57)40(55)29(7)44-36(34)45(58)47(9,63-44)61-20-17-33(60-10)26(4)43(62-30(8)52)28(6)39(54)27(5)38(23)53/h11,13-14,17,20-21,23,25-28,31,33,38-39,43,53-57H,12,15-16,18-19,22H2,1-10H3,(H,49,59)/b13-11+,20-17+,24-14-,48-21-/t23-,25?,26-,27-,28-,31?,33+,38+,39+,43-,47+/m1/s1. The summed E-state index contributed by atoms with van der Waals surface area (Å²) in [6.45, 7) is 16.8. The van der Waals surface area contributed by atoms with Crippen LogP contribution in [0.25, 0.3) is 10.8 Å². The van der Waals surface area contributed by atoms with Gasteiger partial charge in [-0.05, 0) is 39.7 Å². The molecule has 63 heavy (non-hydrogen) atoms. The van der Waals surface area contributed by atoms with E-state index in [-0.39, 0.29) is 50.5 Å². The number of rotatable bonds is 4. The maximum Gasteiger partial charge on any atom is 0.312 e. The van der Waals surface area contributed by atoms with Crippen LogP contribution in [0.15, 0.2) is 41.2 Å². The van der Waals surface area contributed by atoms with E-state index in [9.17, 15) is 39.9 Å². The van der Waals surface area contributed by atoms with Crippen molar-refractivity contribution in [3.05, 3.63) is 52.8 Å². The zero-order valence-corrected chi connectivity index (χ0v) is 37.9. The number of hydrogen-bond acceptors (Lipinski definition) is 15. The van der Waals surface area contributed by atoms with Crippen LogP contribution in [0.1, 0.15) is 96.1 Å². The van der Waals surface area contributed by atoms with E-state index in [1.165, 1.54) is 52.5 Å². The third-order valence-electron chi connectivity index (χ3n) is 13.6. The molecule has 5 heterocycles. The average molecular weight is 877 g/mol. The molecule has 1 amide bonds. The lowest BCUT2D eigenvalue weighted by Crippen LogP contribution is -2.56. The third kappa shape index (κ3) is 9.13. The highest BCUT2D eigenvalue weighted by molar-refractivity contribution is 6.23. The minimum Gasteiger partial charge on any atom is -0.507 e. The number of ether oxygens (including phenoxy) is 4. The van der Waals surface area contributed by atoms with E-state index in [1.54, 1.807) is 46.8 Å². The molecule has 5 aliphatic heterocycles. The lowest BCUT2D eigenvalue weighted by molar-refractivity contribution is -0.160. The monoisotopic (exact) mass is 876 g/mol. The molecule has 2 aromatic rings. The number of carbonyl (C=O) groups excluding carboxylic acids is 3. The van der Waals surface area contributed by atoms with Gasteiger partial charge in [-0.1, -0.05) is 52.3 Å². The predicted octanol–water partition coefficient (Wildman–Crippen LogP) is 5.65. The number of piperidine rings is 1. The number of aliphatic hydroxyl groups is 2. The zero-order chi connectivity index (χ0) is 46.2. The van der Waals surface area contributed by atoms with Crippen molar-refractivity contribution in [3.63, 3.8) is 0 Å². The Bertz CT molecular complexity index is 2220. The van der Waals surface area contributed by atoms with Gasteiger partial charge < -0.3 is 49.8 Å². The summed E-state index contributed by atoms with van der Waals surface area (Å²) in [6.07, 6.45) is 8.21. The van der Waals surface area contributed by atoms with Crippen molar-refractivity contribution in [1.82, 2.24) is 9.91 Å². The molecule has 7 rings (SSSR count). The fraction of sp³-hybridized carbons (Fsp3) is 0.574. The molecule has 16 nitrogen and oxygen atoms in total. The van der Waals surface area contributed by atoms with Crippen LogP contribution in [0.3, 0.4) is 0 Å². The maximum absolute atomic E-state index is 14.6. The number of anilines is 1. The number of hydrogen-bond donors (Lipinski definition) is 6. The molecule has 2 fully saturated rings. The number of fused-ring (bicyclic) bond motifs is 15.